The van der Waals surface area contributed by atoms with E-state index in [4.69, 9.17) is 0 Å². The van der Waals surface area contributed by atoms with Crippen LogP contribution in [0.25, 0.3) is 0 Å². The van der Waals surface area contributed by atoms with Crippen molar-refractivity contribution in [1.29, 1.82) is 0 Å². The molecular formula is C16H25N3O3S2. The second-order valence-corrected chi connectivity index (χ2v) is 9.35. The van der Waals surface area contributed by atoms with Crippen molar-refractivity contribution in [2.24, 2.45) is 0 Å². The van der Waals surface area contributed by atoms with Crippen molar-refractivity contribution in [1.82, 2.24) is 14.2 Å². The zero-order chi connectivity index (χ0) is 17.7. The lowest BCUT2D eigenvalue weighted by Crippen LogP contribution is -2.39. The molecule has 0 atom stereocenters. The van der Waals surface area contributed by atoms with Crippen molar-refractivity contribution in [3.8, 4) is 0 Å². The maximum absolute atomic E-state index is 12.3. The van der Waals surface area contributed by atoms with Gasteiger partial charge in [-0.25, -0.2) is 17.7 Å². The monoisotopic (exact) mass is 371 g/mol. The van der Waals surface area contributed by atoms with Crippen molar-refractivity contribution in [3.05, 3.63) is 18.3 Å². The van der Waals surface area contributed by atoms with Crippen LogP contribution in [-0.2, 0) is 14.8 Å². The summed E-state index contributed by atoms with van der Waals surface area (Å²) in [4.78, 5) is 18.5. The van der Waals surface area contributed by atoms with Crippen molar-refractivity contribution < 1.29 is 13.2 Å². The van der Waals surface area contributed by atoms with Crippen molar-refractivity contribution in [2.75, 3.05) is 26.9 Å². The number of carbonyl (C=O) groups excluding carboxylic acids is 1. The van der Waals surface area contributed by atoms with Gasteiger partial charge < -0.3 is 4.90 Å². The van der Waals surface area contributed by atoms with Crippen LogP contribution >= 0.6 is 11.8 Å². The molecule has 134 valence electrons. The van der Waals surface area contributed by atoms with Crippen LogP contribution in [0.15, 0.2) is 28.3 Å². The average molecular weight is 372 g/mol. The van der Waals surface area contributed by atoms with Gasteiger partial charge in [-0.3, -0.25) is 4.79 Å². The minimum atomic E-state index is -3.47. The molecule has 8 heteroatoms. The summed E-state index contributed by atoms with van der Waals surface area (Å²) < 4.78 is 25.1. The zero-order valence-electron chi connectivity index (χ0n) is 14.4. The van der Waals surface area contributed by atoms with Gasteiger partial charge in [0.15, 0.2) is 0 Å². The van der Waals surface area contributed by atoms with Gasteiger partial charge in [-0.15, -0.1) is 0 Å². The number of hydrogen-bond acceptors (Lipinski definition) is 5. The number of sulfonamides is 1. The van der Waals surface area contributed by atoms with E-state index in [0.29, 0.717) is 16.8 Å². The topological polar surface area (TPSA) is 70.6 Å². The van der Waals surface area contributed by atoms with Crippen LogP contribution in [0.5, 0.6) is 0 Å². The third-order valence-electron chi connectivity index (χ3n) is 4.35. The summed E-state index contributed by atoms with van der Waals surface area (Å²) in [6.07, 6.45) is 7.16. The molecule has 0 N–H and O–H groups in total. The summed E-state index contributed by atoms with van der Waals surface area (Å²) in [5.74, 6) is 0.415. The molecule has 0 aliphatic heterocycles. The van der Waals surface area contributed by atoms with E-state index in [1.54, 1.807) is 6.07 Å². The number of amides is 1. The van der Waals surface area contributed by atoms with Gasteiger partial charge in [-0.1, -0.05) is 31.0 Å². The zero-order valence-corrected chi connectivity index (χ0v) is 16.1. The molecule has 0 unspecified atom stereocenters. The maximum Gasteiger partial charge on any atom is 0.244 e. The summed E-state index contributed by atoms with van der Waals surface area (Å²) in [6, 6.07) is 3.53. The molecule has 1 saturated carbocycles. The average Bonchev–Trinajstić information content (AvgIpc) is 2.60. The van der Waals surface area contributed by atoms with Gasteiger partial charge in [-0.2, -0.15) is 0 Å². The van der Waals surface area contributed by atoms with Gasteiger partial charge in [0.2, 0.25) is 15.9 Å². The third kappa shape index (κ3) is 4.70. The quantitative estimate of drug-likeness (QED) is 0.717. The fourth-order valence-electron chi connectivity index (χ4n) is 2.72. The predicted molar refractivity (Wildman–Crippen MR) is 95.5 cm³/mol. The Balaban J connectivity index is 1.91. The van der Waals surface area contributed by atoms with E-state index in [1.807, 2.05) is 11.9 Å². The Morgan fingerprint density at radius 1 is 1.21 bits per heavy atom. The van der Waals surface area contributed by atoms with Gasteiger partial charge in [0.25, 0.3) is 0 Å². The second-order valence-electron chi connectivity index (χ2n) is 6.20. The number of carbonyl (C=O) groups is 1. The molecule has 1 aliphatic rings. The SMILES string of the molecule is CN(C(=O)CSc1ccc(S(=O)(=O)N(C)C)cn1)C1CCCCC1. The number of hydrogen-bond donors (Lipinski definition) is 0. The van der Waals surface area contributed by atoms with Crippen LogP contribution in [0.1, 0.15) is 32.1 Å². The summed E-state index contributed by atoms with van der Waals surface area (Å²) in [5.41, 5.74) is 0. The van der Waals surface area contributed by atoms with E-state index in [-0.39, 0.29) is 10.8 Å². The molecule has 0 radical (unpaired) electrons. The van der Waals surface area contributed by atoms with E-state index in [1.165, 1.54) is 57.4 Å². The fraction of sp³-hybridized carbons (Fsp3) is 0.625. The van der Waals surface area contributed by atoms with Crippen LogP contribution in [0.2, 0.25) is 0 Å². The van der Waals surface area contributed by atoms with E-state index in [9.17, 15) is 13.2 Å². The van der Waals surface area contributed by atoms with Gasteiger partial charge >= 0.3 is 0 Å². The van der Waals surface area contributed by atoms with E-state index < -0.39 is 10.0 Å². The van der Waals surface area contributed by atoms with Gasteiger partial charge in [0.1, 0.15) is 4.90 Å². The van der Waals surface area contributed by atoms with E-state index in [0.717, 1.165) is 17.1 Å². The highest BCUT2D eigenvalue weighted by atomic mass is 32.2. The van der Waals surface area contributed by atoms with Crippen molar-refractivity contribution in [2.45, 2.75) is 48.1 Å². The van der Waals surface area contributed by atoms with E-state index in [2.05, 4.69) is 4.98 Å². The first-order valence-electron chi connectivity index (χ1n) is 8.09. The largest absolute Gasteiger partial charge is 0.342 e. The fourth-order valence-corrected chi connectivity index (χ4v) is 4.34. The normalized spacial score (nSPS) is 16.3. The minimum Gasteiger partial charge on any atom is -0.342 e. The van der Waals surface area contributed by atoms with Crippen molar-refractivity contribution in [3.63, 3.8) is 0 Å². The first-order chi connectivity index (χ1) is 11.3. The molecule has 1 aromatic rings. The van der Waals surface area contributed by atoms with Crippen LogP contribution < -0.4 is 0 Å². The predicted octanol–water partition coefficient (Wildman–Crippen LogP) is 2.22. The van der Waals surface area contributed by atoms with Gasteiger partial charge in [0.05, 0.1) is 10.8 Å². The Morgan fingerprint density at radius 2 is 1.88 bits per heavy atom. The van der Waals surface area contributed by atoms with E-state index >= 15 is 0 Å². The first-order valence-corrected chi connectivity index (χ1v) is 10.5. The Hall–Kier alpha value is -1.12. The first kappa shape index (κ1) is 19.2. The third-order valence-corrected chi connectivity index (χ3v) is 7.07. The Kier molecular flexibility index (Phi) is 6.65. The number of aromatic nitrogens is 1. The van der Waals surface area contributed by atoms with Crippen LogP contribution in [0.4, 0.5) is 0 Å². The molecule has 2 rings (SSSR count). The van der Waals surface area contributed by atoms with Crippen LogP contribution in [0.3, 0.4) is 0 Å². The highest BCUT2D eigenvalue weighted by Crippen LogP contribution is 2.23. The Bertz CT molecular complexity index is 654. The van der Waals surface area contributed by atoms with Crippen LogP contribution in [0, 0.1) is 0 Å². The molecule has 1 amide bonds. The molecule has 1 heterocycles. The van der Waals surface area contributed by atoms with Crippen LogP contribution in [-0.4, -0.2) is 61.5 Å². The summed E-state index contributed by atoms with van der Waals surface area (Å²) in [7, 11) is 1.38. The highest BCUT2D eigenvalue weighted by molar-refractivity contribution is 7.99. The molecule has 0 aromatic carbocycles. The molecule has 0 spiro atoms. The molecule has 6 nitrogen and oxygen atoms in total. The smallest absolute Gasteiger partial charge is 0.244 e. The lowest BCUT2D eigenvalue weighted by molar-refractivity contribution is -0.129. The minimum absolute atomic E-state index is 0.0960. The maximum atomic E-state index is 12.3. The Labute approximate surface area is 148 Å². The lowest BCUT2D eigenvalue weighted by atomic mass is 9.94. The molecule has 24 heavy (non-hydrogen) atoms. The molecule has 1 fully saturated rings. The second kappa shape index (κ2) is 8.31. The van der Waals surface area contributed by atoms with Crippen molar-refractivity contribution >= 4 is 27.7 Å². The standard InChI is InChI=1S/C16H25N3O3S2/c1-18(2)24(21,22)14-9-10-15(17-11-14)23-12-16(20)19(3)13-7-5-4-6-8-13/h9-11,13H,4-8,12H2,1-3H3. The molecule has 1 aromatic heterocycles. The lowest BCUT2D eigenvalue weighted by Gasteiger charge is -2.31. The molecule has 0 saturated heterocycles. The number of thioether (sulfide) groups is 1. The number of rotatable bonds is 6. The van der Waals surface area contributed by atoms with Gasteiger partial charge in [-0.05, 0) is 25.0 Å². The number of pyridine rings is 1. The molecule has 1 aliphatic carbocycles. The summed E-state index contributed by atoms with van der Waals surface area (Å²) in [5, 5.41) is 0.651. The number of nitrogens with zero attached hydrogens (tertiary/aromatic N) is 3. The summed E-state index contributed by atoms with van der Waals surface area (Å²) >= 11 is 1.34. The van der Waals surface area contributed by atoms with Gasteiger partial charge in [0, 0.05) is 33.4 Å². The highest BCUT2D eigenvalue weighted by Gasteiger charge is 2.22. The molecular weight excluding hydrogens is 346 g/mol. The Morgan fingerprint density at radius 3 is 2.42 bits per heavy atom. The summed E-state index contributed by atoms with van der Waals surface area (Å²) in [6.45, 7) is 0. The molecule has 0 bridgehead atoms.